The summed E-state index contributed by atoms with van der Waals surface area (Å²) in [5.41, 5.74) is 7.71. The van der Waals surface area contributed by atoms with E-state index in [1.54, 1.807) is 0 Å². The molecule has 50 valence electrons. The minimum atomic E-state index is -1.11. The van der Waals surface area contributed by atoms with E-state index in [2.05, 4.69) is 10.0 Å². The van der Waals surface area contributed by atoms with Gasteiger partial charge < -0.3 is 10.4 Å². The molecule has 0 unspecified atom stereocenters. The lowest BCUT2D eigenvalue weighted by molar-refractivity contribution is 0.195. The molecule has 0 radical (unpaired) electrons. The van der Waals surface area contributed by atoms with E-state index in [1.807, 2.05) is 5.32 Å². The van der Waals surface area contributed by atoms with Gasteiger partial charge in [0.05, 0.1) is 0 Å². The van der Waals surface area contributed by atoms with Gasteiger partial charge in [0.15, 0.2) is 0 Å². The van der Waals surface area contributed by atoms with Crippen LogP contribution in [0.25, 0.3) is 10.4 Å². The van der Waals surface area contributed by atoms with Crippen molar-refractivity contribution in [2.75, 3.05) is 13.1 Å². The number of nitrogens with zero attached hydrogens (tertiary/aromatic N) is 3. The standard InChI is InChI=1S/C3H6N4O2/c4-7-6-2-1-5-3(8)9/h5H,1-2H2,(H,8,9). The Kier molecular flexibility index (Phi) is 3.99. The smallest absolute Gasteiger partial charge is 0.404 e. The summed E-state index contributed by atoms with van der Waals surface area (Å²) in [4.78, 5) is 12.1. The fraction of sp³-hybridized carbons (Fsp3) is 0.667. The second-order valence-corrected chi connectivity index (χ2v) is 1.19. The molecule has 0 aliphatic heterocycles. The number of carbonyl (C=O) groups is 1. The van der Waals surface area contributed by atoms with Crippen molar-refractivity contribution in [2.24, 2.45) is 5.11 Å². The average molecular weight is 130 g/mol. The van der Waals surface area contributed by atoms with Gasteiger partial charge in [0.25, 0.3) is 0 Å². The van der Waals surface area contributed by atoms with Gasteiger partial charge in [-0.15, -0.1) is 0 Å². The highest BCUT2D eigenvalue weighted by Crippen LogP contribution is 1.67. The summed E-state index contributed by atoms with van der Waals surface area (Å²) in [5.74, 6) is 0. The van der Waals surface area contributed by atoms with Crippen LogP contribution in [0.4, 0.5) is 4.79 Å². The van der Waals surface area contributed by atoms with Gasteiger partial charge in [-0.2, -0.15) is 0 Å². The third-order valence-electron chi connectivity index (χ3n) is 0.551. The number of hydrogen-bond donors (Lipinski definition) is 2. The molecule has 6 heteroatoms. The van der Waals surface area contributed by atoms with Crippen LogP contribution < -0.4 is 5.32 Å². The number of azide groups is 1. The van der Waals surface area contributed by atoms with Crippen LogP contribution in [0.2, 0.25) is 0 Å². The Labute approximate surface area is 51.1 Å². The largest absolute Gasteiger partial charge is 0.465 e. The third kappa shape index (κ3) is 6.58. The number of hydrogen-bond acceptors (Lipinski definition) is 2. The Morgan fingerprint density at radius 1 is 1.89 bits per heavy atom. The van der Waals surface area contributed by atoms with E-state index >= 15 is 0 Å². The first-order valence-electron chi connectivity index (χ1n) is 2.25. The van der Waals surface area contributed by atoms with Crippen LogP contribution in [0.3, 0.4) is 0 Å². The Balaban J connectivity index is 3.10. The number of nitrogens with one attached hydrogen (secondary N) is 1. The molecule has 0 aromatic carbocycles. The van der Waals surface area contributed by atoms with Crippen molar-refractivity contribution in [3.63, 3.8) is 0 Å². The molecular formula is C3H6N4O2. The van der Waals surface area contributed by atoms with Gasteiger partial charge >= 0.3 is 6.09 Å². The summed E-state index contributed by atoms with van der Waals surface area (Å²) in [5, 5.41) is 13.1. The van der Waals surface area contributed by atoms with Gasteiger partial charge in [0.2, 0.25) is 0 Å². The van der Waals surface area contributed by atoms with E-state index in [-0.39, 0.29) is 13.1 Å². The summed E-state index contributed by atoms with van der Waals surface area (Å²) < 4.78 is 0. The fourth-order valence-corrected chi connectivity index (χ4v) is 0.258. The van der Waals surface area contributed by atoms with Gasteiger partial charge in [-0.3, -0.25) is 0 Å². The van der Waals surface area contributed by atoms with Gasteiger partial charge in [-0.1, -0.05) is 5.11 Å². The fourth-order valence-electron chi connectivity index (χ4n) is 0.258. The summed E-state index contributed by atoms with van der Waals surface area (Å²) >= 11 is 0. The Hall–Kier alpha value is -1.42. The average Bonchev–Trinajstić information content (AvgIpc) is 1.80. The minimum absolute atomic E-state index is 0.156. The molecular weight excluding hydrogens is 124 g/mol. The van der Waals surface area contributed by atoms with Crippen molar-refractivity contribution in [1.82, 2.24) is 5.32 Å². The molecule has 0 heterocycles. The zero-order valence-corrected chi connectivity index (χ0v) is 4.61. The monoisotopic (exact) mass is 130 g/mol. The molecule has 0 spiro atoms. The van der Waals surface area contributed by atoms with Gasteiger partial charge in [0, 0.05) is 18.0 Å². The second-order valence-electron chi connectivity index (χ2n) is 1.19. The van der Waals surface area contributed by atoms with Crippen LogP contribution in [-0.4, -0.2) is 24.3 Å². The van der Waals surface area contributed by atoms with E-state index in [1.165, 1.54) is 0 Å². The molecule has 2 N–H and O–H groups in total. The van der Waals surface area contributed by atoms with E-state index in [9.17, 15) is 4.79 Å². The lowest BCUT2D eigenvalue weighted by Gasteiger charge is -1.92. The molecule has 1 amide bonds. The predicted octanol–water partition coefficient (Wildman–Crippen LogP) is 0.564. The Bertz CT molecular complexity index is 137. The van der Waals surface area contributed by atoms with E-state index < -0.39 is 6.09 Å². The first-order valence-corrected chi connectivity index (χ1v) is 2.25. The normalized spacial score (nSPS) is 7.56. The lowest BCUT2D eigenvalue weighted by Crippen LogP contribution is -2.23. The van der Waals surface area contributed by atoms with Crippen molar-refractivity contribution in [3.05, 3.63) is 10.4 Å². The number of rotatable bonds is 3. The molecule has 0 aromatic rings. The third-order valence-corrected chi connectivity index (χ3v) is 0.551. The van der Waals surface area contributed by atoms with E-state index in [4.69, 9.17) is 10.6 Å². The minimum Gasteiger partial charge on any atom is -0.465 e. The van der Waals surface area contributed by atoms with Crippen molar-refractivity contribution in [1.29, 1.82) is 0 Å². The van der Waals surface area contributed by atoms with Crippen LogP contribution in [0.5, 0.6) is 0 Å². The van der Waals surface area contributed by atoms with Crippen LogP contribution >= 0.6 is 0 Å². The molecule has 0 fully saturated rings. The first-order chi connectivity index (χ1) is 4.27. The molecule has 0 atom stereocenters. The van der Waals surface area contributed by atoms with Crippen LogP contribution in [0.15, 0.2) is 5.11 Å². The van der Waals surface area contributed by atoms with Crippen molar-refractivity contribution < 1.29 is 9.90 Å². The molecule has 0 aliphatic rings. The SMILES string of the molecule is [N-]=[N+]=NCCNC(=O)O. The molecule has 0 aliphatic carbocycles. The van der Waals surface area contributed by atoms with Gasteiger partial charge in [-0.25, -0.2) is 4.79 Å². The molecule has 0 saturated carbocycles. The highest BCUT2D eigenvalue weighted by Gasteiger charge is 1.88. The highest BCUT2D eigenvalue weighted by atomic mass is 16.4. The maximum atomic E-state index is 9.72. The topological polar surface area (TPSA) is 98.1 Å². The molecule has 0 rings (SSSR count). The number of carboxylic acid groups (broad SMARTS) is 1. The lowest BCUT2D eigenvalue weighted by atomic mass is 10.6. The highest BCUT2D eigenvalue weighted by molar-refractivity contribution is 5.64. The van der Waals surface area contributed by atoms with Crippen LogP contribution in [0.1, 0.15) is 0 Å². The van der Waals surface area contributed by atoms with Crippen LogP contribution in [0, 0.1) is 0 Å². The summed E-state index contributed by atoms with van der Waals surface area (Å²) in [6, 6.07) is 0. The predicted molar refractivity (Wildman–Crippen MR) is 30.0 cm³/mol. The molecule has 0 aromatic heterocycles. The van der Waals surface area contributed by atoms with Crippen LogP contribution in [-0.2, 0) is 0 Å². The molecule has 0 bridgehead atoms. The summed E-state index contributed by atoms with van der Waals surface area (Å²) in [7, 11) is 0. The molecule has 0 saturated heterocycles. The first kappa shape index (κ1) is 7.58. The van der Waals surface area contributed by atoms with E-state index in [0.717, 1.165) is 0 Å². The second kappa shape index (κ2) is 4.73. The quantitative estimate of drug-likeness (QED) is 0.252. The Morgan fingerprint density at radius 3 is 3.00 bits per heavy atom. The van der Waals surface area contributed by atoms with Crippen molar-refractivity contribution in [2.45, 2.75) is 0 Å². The van der Waals surface area contributed by atoms with Gasteiger partial charge in [-0.05, 0) is 5.53 Å². The molecule has 6 nitrogen and oxygen atoms in total. The van der Waals surface area contributed by atoms with E-state index in [0.29, 0.717) is 0 Å². The zero-order chi connectivity index (χ0) is 7.11. The van der Waals surface area contributed by atoms with Gasteiger partial charge in [0.1, 0.15) is 0 Å². The maximum Gasteiger partial charge on any atom is 0.404 e. The maximum absolute atomic E-state index is 9.72. The summed E-state index contributed by atoms with van der Waals surface area (Å²) in [6.45, 7) is 0.322. The summed E-state index contributed by atoms with van der Waals surface area (Å²) in [6.07, 6.45) is -1.11. The number of amides is 1. The Morgan fingerprint density at radius 2 is 2.56 bits per heavy atom. The molecule has 9 heavy (non-hydrogen) atoms. The zero-order valence-electron chi connectivity index (χ0n) is 4.61. The van der Waals surface area contributed by atoms with Crippen molar-refractivity contribution >= 4 is 6.09 Å². The van der Waals surface area contributed by atoms with Crippen molar-refractivity contribution in [3.8, 4) is 0 Å².